The van der Waals surface area contributed by atoms with Crippen LogP contribution in [0.1, 0.15) is 30.9 Å². The lowest BCUT2D eigenvalue weighted by molar-refractivity contribution is -0.118. The smallest absolute Gasteiger partial charge is 0.235 e. The molecule has 1 aliphatic heterocycles. The number of hydrogen-bond donors (Lipinski definition) is 1. The Kier molecular flexibility index (Phi) is 8.87. The molecule has 0 spiro atoms. The average molecular weight is 462 g/mol. The number of piperidine rings is 1. The summed E-state index contributed by atoms with van der Waals surface area (Å²) in [5, 5.41) is 2.57. The Balaban J connectivity index is 1.34. The van der Waals surface area contributed by atoms with E-state index in [1.165, 1.54) is 30.9 Å². The van der Waals surface area contributed by atoms with Crippen LogP contribution in [0.25, 0.3) is 0 Å². The molecule has 0 bridgehead atoms. The van der Waals surface area contributed by atoms with Gasteiger partial charge in [0.05, 0.1) is 18.3 Å². The number of pyridine rings is 1. The van der Waals surface area contributed by atoms with Crippen molar-refractivity contribution in [1.82, 2.24) is 15.2 Å². The number of rotatable bonds is 11. The fourth-order valence-electron chi connectivity index (χ4n) is 3.70. The average Bonchev–Trinajstić information content (AvgIpc) is 3.22. The highest BCUT2D eigenvalue weighted by Gasteiger charge is 2.18. The van der Waals surface area contributed by atoms with Crippen LogP contribution in [0.2, 0.25) is 0 Å². The first-order chi connectivity index (χ1) is 15.4. The number of nitrogens with one attached hydrogen (secondary N) is 1. The summed E-state index contributed by atoms with van der Waals surface area (Å²) in [7, 11) is -3.54. The van der Waals surface area contributed by atoms with Crippen LogP contribution in [0.5, 0.6) is 5.88 Å². The second kappa shape index (κ2) is 11.8. The van der Waals surface area contributed by atoms with Gasteiger partial charge in [0, 0.05) is 37.5 Å². The molecule has 2 aromatic heterocycles. The molecule has 1 N–H and O–H groups in total. The molecule has 1 amide bonds. The minimum Gasteiger partial charge on any atom is -0.473 e. The monoisotopic (exact) mass is 461 g/mol. The van der Waals surface area contributed by atoms with Crippen LogP contribution in [0.15, 0.2) is 53.5 Å². The van der Waals surface area contributed by atoms with Crippen molar-refractivity contribution in [2.45, 2.75) is 32.1 Å². The standard InChI is InChI=1S/C23H31N3O5S/c1-19-5-4-10-26(14-19)15-20-6-9-25-23(13-20)31-11-3-2-8-24-22(27)18-32(28,29)17-21-7-12-30-16-21/h2-3,6-7,9,12-13,16,19H,4-5,8,10-11,14-15,17-18H2,1H3,(H,24,27)/b3-2-. The molecule has 3 rings (SSSR count). The molecule has 3 heterocycles. The number of carbonyl (C=O) groups is 1. The zero-order chi connectivity index (χ0) is 22.8. The first-order valence-electron chi connectivity index (χ1n) is 10.8. The third-order valence-electron chi connectivity index (χ3n) is 5.18. The van der Waals surface area contributed by atoms with Crippen LogP contribution in [-0.4, -0.2) is 56.2 Å². The van der Waals surface area contributed by atoms with Gasteiger partial charge in [-0.25, -0.2) is 13.4 Å². The van der Waals surface area contributed by atoms with E-state index >= 15 is 0 Å². The van der Waals surface area contributed by atoms with Crippen LogP contribution >= 0.6 is 0 Å². The minimum absolute atomic E-state index is 0.219. The Hall–Kier alpha value is -2.65. The number of hydrogen-bond acceptors (Lipinski definition) is 7. The number of sulfone groups is 1. The Morgan fingerprint density at radius 1 is 1.34 bits per heavy atom. The van der Waals surface area contributed by atoms with Gasteiger partial charge in [0.15, 0.2) is 9.84 Å². The van der Waals surface area contributed by atoms with Crippen molar-refractivity contribution >= 4 is 15.7 Å². The molecule has 0 aliphatic carbocycles. The molecule has 9 heteroatoms. The predicted octanol–water partition coefficient (Wildman–Crippen LogP) is 2.57. The van der Waals surface area contributed by atoms with Crippen molar-refractivity contribution in [3.8, 4) is 5.88 Å². The summed E-state index contributed by atoms with van der Waals surface area (Å²) in [6, 6.07) is 5.54. The van der Waals surface area contributed by atoms with Crippen molar-refractivity contribution in [3.63, 3.8) is 0 Å². The third-order valence-corrected chi connectivity index (χ3v) is 6.65. The number of furan rings is 1. The summed E-state index contributed by atoms with van der Waals surface area (Å²) in [6.45, 7) is 5.98. The first kappa shape index (κ1) is 24.0. The summed E-state index contributed by atoms with van der Waals surface area (Å²) in [5.41, 5.74) is 1.70. The van der Waals surface area contributed by atoms with Crippen LogP contribution in [0.3, 0.4) is 0 Å². The Labute approximate surface area is 189 Å². The van der Waals surface area contributed by atoms with Crippen molar-refractivity contribution in [3.05, 3.63) is 60.2 Å². The molecule has 32 heavy (non-hydrogen) atoms. The number of likely N-dealkylation sites (tertiary alicyclic amines) is 1. The van der Waals surface area contributed by atoms with Gasteiger partial charge in [-0.05, 0) is 49.1 Å². The first-order valence-corrected chi connectivity index (χ1v) is 12.6. The highest BCUT2D eigenvalue weighted by Crippen LogP contribution is 2.19. The fraction of sp³-hybridized carbons (Fsp3) is 0.478. The summed E-state index contributed by atoms with van der Waals surface area (Å²) in [5.74, 6) is -0.0195. The Morgan fingerprint density at radius 2 is 2.22 bits per heavy atom. The quantitative estimate of drug-likeness (QED) is 0.513. The molecule has 1 fully saturated rings. The lowest BCUT2D eigenvalue weighted by Gasteiger charge is -2.30. The van der Waals surface area contributed by atoms with Gasteiger partial charge in [0.1, 0.15) is 12.4 Å². The molecule has 174 valence electrons. The van der Waals surface area contributed by atoms with Crippen molar-refractivity contribution < 1.29 is 22.4 Å². The van der Waals surface area contributed by atoms with E-state index in [-0.39, 0.29) is 12.3 Å². The Bertz CT molecular complexity index is 989. The van der Waals surface area contributed by atoms with Gasteiger partial charge in [-0.2, -0.15) is 0 Å². The normalized spacial score (nSPS) is 17.5. The minimum atomic E-state index is -3.54. The van der Waals surface area contributed by atoms with Crippen molar-refractivity contribution in [2.24, 2.45) is 5.92 Å². The Morgan fingerprint density at radius 3 is 3.00 bits per heavy atom. The number of amides is 1. The topological polar surface area (TPSA) is 102 Å². The maximum absolute atomic E-state index is 12.0. The number of nitrogens with zero attached hydrogens (tertiary/aromatic N) is 2. The molecule has 0 radical (unpaired) electrons. The zero-order valence-electron chi connectivity index (χ0n) is 18.4. The number of carbonyl (C=O) groups excluding carboxylic acids is 1. The van der Waals surface area contributed by atoms with E-state index in [9.17, 15) is 13.2 Å². The highest BCUT2D eigenvalue weighted by molar-refractivity contribution is 7.91. The van der Waals surface area contributed by atoms with E-state index in [2.05, 4.69) is 22.1 Å². The molecular weight excluding hydrogens is 430 g/mol. The molecule has 1 saturated heterocycles. The molecule has 1 aliphatic rings. The van der Waals surface area contributed by atoms with Gasteiger partial charge in [-0.1, -0.05) is 13.0 Å². The fourth-order valence-corrected chi connectivity index (χ4v) is 4.98. The SMILES string of the molecule is CC1CCCN(Cc2ccnc(OC/C=C\CNC(=O)CS(=O)(=O)Cc3ccoc3)c2)C1. The van der Waals surface area contributed by atoms with E-state index in [0.29, 0.717) is 18.1 Å². The zero-order valence-corrected chi connectivity index (χ0v) is 19.2. The van der Waals surface area contributed by atoms with Gasteiger partial charge in [0.25, 0.3) is 0 Å². The predicted molar refractivity (Wildman–Crippen MR) is 122 cm³/mol. The maximum atomic E-state index is 12.0. The molecule has 1 unspecified atom stereocenters. The summed E-state index contributed by atoms with van der Waals surface area (Å²) in [6.07, 6.45) is 10.5. The van der Waals surface area contributed by atoms with Crippen LogP contribution in [0, 0.1) is 5.92 Å². The molecule has 2 aromatic rings. The maximum Gasteiger partial charge on any atom is 0.235 e. The van der Waals surface area contributed by atoms with Crippen molar-refractivity contribution in [2.75, 3.05) is 32.0 Å². The van der Waals surface area contributed by atoms with Gasteiger partial charge in [-0.15, -0.1) is 0 Å². The van der Waals surface area contributed by atoms with E-state index in [1.54, 1.807) is 24.4 Å². The van der Waals surface area contributed by atoms with Crippen LogP contribution < -0.4 is 10.1 Å². The molecule has 8 nitrogen and oxygen atoms in total. The largest absolute Gasteiger partial charge is 0.473 e. The second-order valence-corrected chi connectivity index (χ2v) is 10.3. The van der Waals surface area contributed by atoms with E-state index in [0.717, 1.165) is 25.6 Å². The summed E-state index contributed by atoms with van der Waals surface area (Å²) in [4.78, 5) is 18.6. The molecule has 1 atom stereocenters. The summed E-state index contributed by atoms with van der Waals surface area (Å²) >= 11 is 0. The summed E-state index contributed by atoms with van der Waals surface area (Å²) < 4.78 is 34.6. The number of aromatic nitrogens is 1. The number of ether oxygens (including phenoxy) is 1. The second-order valence-electron chi connectivity index (χ2n) is 8.24. The molecule has 0 saturated carbocycles. The van der Waals surface area contributed by atoms with E-state index < -0.39 is 21.5 Å². The third kappa shape index (κ3) is 8.47. The van der Waals surface area contributed by atoms with Gasteiger partial charge in [-0.3, -0.25) is 9.69 Å². The lowest BCUT2D eigenvalue weighted by atomic mass is 10.00. The van der Waals surface area contributed by atoms with E-state index in [4.69, 9.17) is 9.15 Å². The van der Waals surface area contributed by atoms with Gasteiger partial charge in [0.2, 0.25) is 11.8 Å². The highest BCUT2D eigenvalue weighted by atomic mass is 32.2. The lowest BCUT2D eigenvalue weighted by Crippen LogP contribution is -2.33. The molecular formula is C23H31N3O5S. The molecule has 0 aromatic carbocycles. The van der Waals surface area contributed by atoms with Crippen molar-refractivity contribution in [1.29, 1.82) is 0 Å². The van der Waals surface area contributed by atoms with Crippen LogP contribution in [0.4, 0.5) is 0 Å². The van der Waals surface area contributed by atoms with E-state index in [1.807, 2.05) is 12.1 Å². The van der Waals surface area contributed by atoms with Gasteiger partial charge >= 0.3 is 0 Å². The van der Waals surface area contributed by atoms with Crippen LogP contribution in [-0.2, 0) is 26.9 Å². The van der Waals surface area contributed by atoms with Gasteiger partial charge < -0.3 is 14.5 Å².